The molecule has 0 aromatic carbocycles. The maximum absolute atomic E-state index is 10.6. The Balaban J connectivity index is 2.07. The fourth-order valence-corrected chi connectivity index (χ4v) is 2.23. The van der Waals surface area contributed by atoms with Crippen molar-refractivity contribution in [3.63, 3.8) is 0 Å². The standard InChI is InChI=1S/C9H7N7O2S/c10-6-4-1-15-16(7(4)14-3-13-6)9-12-2-5(19-9)18-8(11)17/h1-3H,(H2,11,17)(H2,10,13,14). The molecule has 3 aromatic heterocycles. The maximum Gasteiger partial charge on any atom is 0.410 e. The second-order valence-electron chi connectivity index (χ2n) is 3.44. The topological polar surface area (TPSA) is 135 Å². The van der Waals surface area contributed by atoms with Gasteiger partial charge in [0.2, 0.25) is 10.2 Å². The average molecular weight is 277 g/mol. The van der Waals surface area contributed by atoms with Crippen LogP contribution in [0.25, 0.3) is 16.2 Å². The number of amides is 1. The molecular weight excluding hydrogens is 270 g/mol. The molecule has 0 fully saturated rings. The Bertz CT molecular complexity index is 765. The molecule has 3 aromatic rings. The highest BCUT2D eigenvalue weighted by atomic mass is 32.1. The Morgan fingerprint density at radius 1 is 1.32 bits per heavy atom. The Morgan fingerprint density at radius 2 is 2.16 bits per heavy atom. The van der Waals surface area contributed by atoms with Gasteiger partial charge in [0.25, 0.3) is 0 Å². The lowest BCUT2D eigenvalue weighted by atomic mass is 10.4. The van der Waals surface area contributed by atoms with Crippen LogP contribution in [0.3, 0.4) is 0 Å². The molecule has 0 unspecified atom stereocenters. The molecule has 3 heterocycles. The number of nitrogens with zero attached hydrogens (tertiary/aromatic N) is 5. The molecule has 3 rings (SSSR count). The zero-order valence-corrected chi connectivity index (χ0v) is 10.2. The Hall–Kier alpha value is -2.75. The Morgan fingerprint density at radius 3 is 2.95 bits per heavy atom. The molecular formula is C9H7N7O2S. The first kappa shape index (κ1) is 11.3. The third kappa shape index (κ3) is 1.93. The third-order valence-electron chi connectivity index (χ3n) is 2.25. The van der Waals surface area contributed by atoms with Gasteiger partial charge in [0.05, 0.1) is 17.8 Å². The summed E-state index contributed by atoms with van der Waals surface area (Å²) >= 11 is 1.10. The van der Waals surface area contributed by atoms with Gasteiger partial charge in [-0.05, 0) is 0 Å². The van der Waals surface area contributed by atoms with Gasteiger partial charge in [0.15, 0.2) is 5.65 Å². The van der Waals surface area contributed by atoms with E-state index in [1.54, 1.807) is 6.20 Å². The number of aromatic nitrogens is 5. The summed E-state index contributed by atoms with van der Waals surface area (Å²) in [5.74, 6) is 0.335. The van der Waals surface area contributed by atoms with Crippen molar-refractivity contribution >= 4 is 34.3 Å². The molecule has 0 radical (unpaired) electrons. The highest BCUT2D eigenvalue weighted by Crippen LogP contribution is 2.27. The number of ether oxygens (including phenoxy) is 1. The van der Waals surface area contributed by atoms with Gasteiger partial charge in [-0.1, -0.05) is 11.3 Å². The van der Waals surface area contributed by atoms with Crippen molar-refractivity contribution in [2.45, 2.75) is 0 Å². The molecule has 0 saturated heterocycles. The van der Waals surface area contributed by atoms with E-state index in [9.17, 15) is 4.79 Å². The predicted molar refractivity (Wildman–Crippen MR) is 67.0 cm³/mol. The van der Waals surface area contributed by atoms with Crippen LogP contribution >= 0.6 is 11.3 Å². The fraction of sp³-hybridized carbons (Fsp3) is 0. The Kier molecular flexibility index (Phi) is 2.49. The normalized spacial score (nSPS) is 10.7. The second kappa shape index (κ2) is 4.17. The van der Waals surface area contributed by atoms with E-state index >= 15 is 0 Å². The van der Waals surface area contributed by atoms with E-state index < -0.39 is 6.09 Å². The van der Waals surface area contributed by atoms with E-state index in [0.29, 0.717) is 22.0 Å². The first-order valence-corrected chi connectivity index (χ1v) is 5.84. The van der Waals surface area contributed by atoms with Crippen LogP contribution < -0.4 is 16.2 Å². The van der Waals surface area contributed by atoms with Gasteiger partial charge in [0, 0.05) is 0 Å². The van der Waals surface area contributed by atoms with Crippen LogP contribution in [0.4, 0.5) is 10.6 Å². The minimum Gasteiger partial charge on any atom is -0.398 e. The number of carbonyl (C=O) groups is 1. The summed E-state index contributed by atoms with van der Waals surface area (Å²) in [5.41, 5.74) is 11.2. The van der Waals surface area contributed by atoms with Gasteiger partial charge in [-0.15, -0.1) is 0 Å². The number of carbonyl (C=O) groups excluding carboxylic acids is 1. The quantitative estimate of drug-likeness (QED) is 0.688. The van der Waals surface area contributed by atoms with Gasteiger partial charge < -0.3 is 16.2 Å². The number of fused-ring (bicyclic) bond motifs is 1. The number of anilines is 1. The van der Waals surface area contributed by atoms with Crippen LogP contribution in [-0.4, -0.2) is 30.8 Å². The summed E-state index contributed by atoms with van der Waals surface area (Å²) in [7, 11) is 0. The monoisotopic (exact) mass is 277 g/mol. The molecule has 0 atom stereocenters. The molecule has 10 heteroatoms. The van der Waals surface area contributed by atoms with Crippen LogP contribution in [0.2, 0.25) is 0 Å². The van der Waals surface area contributed by atoms with Crippen LogP contribution in [0.15, 0.2) is 18.7 Å². The first-order valence-electron chi connectivity index (χ1n) is 5.03. The van der Waals surface area contributed by atoms with Crippen molar-refractivity contribution in [2.24, 2.45) is 5.73 Å². The highest BCUT2D eigenvalue weighted by Gasteiger charge is 2.13. The van der Waals surface area contributed by atoms with Crippen molar-refractivity contribution in [3.05, 3.63) is 18.7 Å². The van der Waals surface area contributed by atoms with Gasteiger partial charge in [-0.2, -0.15) is 9.78 Å². The van der Waals surface area contributed by atoms with E-state index in [4.69, 9.17) is 16.2 Å². The van der Waals surface area contributed by atoms with Crippen molar-refractivity contribution < 1.29 is 9.53 Å². The predicted octanol–water partition coefficient (Wildman–Crippen LogP) is 0.312. The third-order valence-corrected chi connectivity index (χ3v) is 3.10. The molecule has 96 valence electrons. The van der Waals surface area contributed by atoms with Crippen LogP contribution in [0, 0.1) is 0 Å². The van der Waals surface area contributed by atoms with Gasteiger partial charge in [-0.25, -0.2) is 19.7 Å². The van der Waals surface area contributed by atoms with Gasteiger partial charge in [-0.3, -0.25) is 0 Å². The fourth-order valence-electron chi connectivity index (χ4n) is 1.50. The molecule has 0 saturated carbocycles. The lowest BCUT2D eigenvalue weighted by Gasteiger charge is -1.97. The number of primary amides is 1. The summed E-state index contributed by atoms with van der Waals surface area (Å²) in [6, 6.07) is 0. The van der Waals surface area contributed by atoms with E-state index in [2.05, 4.69) is 20.1 Å². The minimum atomic E-state index is -0.896. The zero-order chi connectivity index (χ0) is 13.4. The van der Waals surface area contributed by atoms with E-state index in [1.807, 2.05) is 0 Å². The molecule has 0 spiro atoms. The SMILES string of the molecule is NC(=O)Oc1cnc(-n2ncc3c(N)ncnc32)s1. The van der Waals surface area contributed by atoms with Crippen LogP contribution in [0.1, 0.15) is 0 Å². The molecule has 0 aliphatic rings. The summed E-state index contributed by atoms with van der Waals surface area (Å²) in [6.45, 7) is 0. The average Bonchev–Trinajstić information content (AvgIpc) is 2.95. The summed E-state index contributed by atoms with van der Waals surface area (Å²) < 4.78 is 6.20. The second-order valence-corrected chi connectivity index (χ2v) is 4.41. The molecule has 9 nitrogen and oxygen atoms in total. The van der Waals surface area contributed by atoms with Crippen LogP contribution in [-0.2, 0) is 0 Å². The summed E-state index contributed by atoms with van der Waals surface area (Å²) in [6.07, 6.45) is 3.36. The first-order chi connectivity index (χ1) is 9.15. The van der Waals surface area contributed by atoms with Crippen molar-refractivity contribution in [1.29, 1.82) is 0 Å². The van der Waals surface area contributed by atoms with Crippen molar-refractivity contribution in [1.82, 2.24) is 24.7 Å². The number of hydrogen-bond acceptors (Lipinski definition) is 8. The van der Waals surface area contributed by atoms with Crippen molar-refractivity contribution in [3.8, 4) is 10.2 Å². The van der Waals surface area contributed by atoms with E-state index in [1.165, 1.54) is 17.2 Å². The number of nitrogens with two attached hydrogens (primary N) is 2. The summed E-state index contributed by atoms with van der Waals surface area (Å²) in [5, 5.41) is 5.50. The number of thiazole rings is 1. The Labute approximate surface area is 109 Å². The van der Waals surface area contributed by atoms with E-state index in [0.717, 1.165) is 11.3 Å². The molecule has 4 N–H and O–H groups in total. The zero-order valence-electron chi connectivity index (χ0n) is 9.35. The number of rotatable bonds is 2. The summed E-state index contributed by atoms with van der Waals surface area (Å²) in [4.78, 5) is 22.7. The minimum absolute atomic E-state index is 0.271. The van der Waals surface area contributed by atoms with Crippen LogP contribution in [0.5, 0.6) is 5.06 Å². The maximum atomic E-state index is 10.6. The largest absolute Gasteiger partial charge is 0.410 e. The highest BCUT2D eigenvalue weighted by molar-refractivity contribution is 7.15. The van der Waals surface area contributed by atoms with Crippen molar-refractivity contribution in [2.75, 3.05) is 5.73 Å². The molecule has 19 heavy (non-hydrogen) atoms. The number of nitrogen functional groups attached to an aromatic ring is 1. The lowest BCUT2D eigenvalue weighted by Crippen LogP contribution is -2.15. The lowest BCUT2D eigenvalue weighted by molar-refractivity contribution is 0.212. The molecule has 0 aliphatic heterocycles. The molecule has 0 aliphatic carbocycles. The van der Waals surface area contributed by atoms with Gasteiger partial charge >= 0.3 is 6.09 Å². The number of hydrogen-bond donors (Lipinski definition) is 2. The van der Waals surface area contributed by atoms with Gasteiger partial charge in [0.1, 0.15) is 12.1 Å². The molecule has 1 amide bonds. The van der Waals surface area contributed by atoms with E-state index in [-0.39, 0.29) is 5.06 Å². The smallest absolute Gasteiger partial charge is 0.398 e. The molecule has 0 bridgehead atoms.